The van der Waals surface area contributed by atoms with Crippen molar-refractivity contribution < 1.29 is 14.4 Å². The van der Waals surface area contributed by atoms with Crippen molar-refractivity contribution >= 4 is 17.7 Å². The summed E-state index contributed by atoms with van der Waals surface area (Å²) in [6.45, 7) is 3.65. The van der Waals surface area contributed by atoms with Gasteiger partial charge in [-0.2, -0.15) is 0 Å². The Bertz CT molecular complexity index is 316. The molecule has 0 saturated carbocycles. The second-order valence-electron chi connectivity index (χ2n) is 3.86. The Balaban J connectivity index is 2.47. The van der Waals surface area contributed by atoms with Crippen molar-refractivity contribution in [1.29, 1.82) is 0 Å². The van der Waals surface area contributed by atoms with Gasteiger partial charge in [-0.15, -0.1) is 0 Å². The maximum absolute atomic E-state index is 11.7. The molecule has 0 aromatic heterocycles. The average molecular weight is 227 g/mol. The lowest BCUT2D eigenvalue weighted by molar-refractivity contribution is -0.146. The van der Waals surface area contributed by atoms with Crippen LogP contribution in [0.5, 0.6) is 0 Å². The summed E-state index contributed by atoms with van der Waals surface area (Å²) < 4.78 is 0. The molecule has 0 aliphatic carbocycles. The van der Waals surface area contributed by atoms with Gasteiger partial charge in [0.2, 0.25) is 17.7 Å². The van der Waals surface area contributed by atoms with Gasteiger partial charge in [-0.25, -0.2) is 0 Å². The molecule has 1 aliphatic heterocycles. The van der Waals surface area contributed by atoms with Gasteiger partial charge in [0.05, 0.1) is 0 Å². The van der Waals surface area contributed by atoms with E-state index in [-0.39, 0.29) is 17.7 Å². The largest absolute Gasteiger partial charge is 0.357 e. The standard InChI is InChI=1S/C10H17N3O3/c1-6(9(15)11-3)12-10(16)8-4-5-13(8)7(2)14/h6,8H,4-5H2,1-3H3,(H,11,15)(H,12,16)/t6-,8?/m0/s1. The Hall–Kier alpha value is -1.59. The number of carbonyl (C=O) groups is 3. The van der Waals surface area contributed by atoms with E-state index in [9.17, 15) is 14.4 Å². The number of hydrogen-bond donors (Lipinski definition) is 2. The first-order valence-corrected chi connectivity index (χ1v) is 5.26. The van der Waals surface area contributed by atoms with E-state index in [4.69, 9.17) is 0 Å². The zero-order valence-electron chi connectivity index (χ0n) is 9.74. The molecule has 0 aromatic carbocycles. The molecule has 1 rings (SSSR count). The van der Waals surface area contributed by atoms with Gasteiger partial charge in [-0.3, -0.25) is 14.4 Å². The number of nitrogens with one attached hydrogen (secondary N) is 2. The third-order valence-electron chi connectivity index (χ3n) is 2.73. The second-order valence-corrected chi connectivity index (χ2v) is 3.86. The van der Waals surface area contributed by atoms with Crippen molar-refractivity contribution in [2.45, 2.75) is 32.4 Å². The summed E-state index contributed by atoms with van der Waals surface area (Å²) in [5.74, 6) is -0.626. The molecule has 0 bridgehead atoms. The lowest BCUT2D eigenvalue weighted by Gasteiger charge is -2.39. The van der Waals surface area contributed by atoms with Crippen LogP contribution in [0.3, 0.4) is 0 Å². The summed E-state index contributed by atoms with van der Waals surface area (Å²) in [5, 5.41) is 5.02. The summed E-state index contributed by atoms with van der Waals surface area (Å²) >= 11 is 0. The van der Waals surface area contributed by atoms with Gasteiger partial charge in [0, 0.05) is 20.5 Å². The number of rotatable bonds is 3. The molecule has 0 radical (unpaired) electrons. The zero-order chi connectivity index (χ0) is 12.3. The summed E-state index contributed by atoms with van der Waals surface area (Å²) in [5.41, 5.74) is 0. The van der Waals surface area contributed by atoms with Crippen LogP contribution in [0.1, 0.15) is 20.3 Å². The zero-order valence-corrected chi connectivity index (χ0v) is 9.74. The third kappa shape index (κ3) is 2.50. The van der Waals surface area contributed by atoms with E-state index in [1.54, 1.807) is 6.92 Å². The van der Waals surface area contributed by atoms with Crippen molar-refractivity contribution in [3.05, 3.63) is 0 Å². The number of likely N-dealkylation sites (N-methyl/N-ethyl adjacent to an activating group) is 1. The molecular formula is C10H17N3O3. The molecular weight excluding hydrogens is 210 g/mol. The van der Waals surface area contributed by atoms with E-state index in [1.165, 1.54) is 18.9 Å². The second kappa shape index (κ2) is 4.96. The first kappa shape index (κ1) is 12.5. The van der Waals surface area contributed by atoms with Crippen LogP contribution in [0, 0.1) is 0 Å². The maximum Gasteiger partial charge on any atom is 0.243 e. The fraction of sp³-hybridized carbons (Fsp3) is 0.700. The molecule has 1 unspecified atom stereocenters. The highest BCUT2D eigenvalue weighted by Crippen LogP contribution is 2.17. The van der Waals surface area contributed by atoms with Crippen LogP contribution in [0.15, 0.2) is 0 Å². The number of likely N-dealkylation sites (tertiary alicyclic amines) is 1. The topological polar surface area (TPSA) is 78.5 Å². The smallest absolute Gasteiger partial charge is 0.243 e. The molecule has 1 heterocycles. The molecule has 0 spiro atoms. The lowest BCUT2D eigenvalue weighted by atomic mass is 10.0. The van der Waals surface area contributed by atoms with Gasteiger partial charge in [0.15, 0.2) is 0 Å². The Morgan fingerprint density at radius 2 is 2.00 bits per heavy atom. The summed E-state index contributed by atoms with van der Waals surface area (Å²) in [6.07, 6.45) is 0.659. The van der Waals surface area contributed by atoms with Crippen LogP contribution >= 0.6 is 0 Å². The van der Waals surface area contributed by atoms with Crippen LogP contribution in [0.25, 0.3) is 0 Å². The average Bonchev–Trinajstić information content (AvgIpc) is 2.13. The lowest BCUT2D eigenvalue weighted by Crippen LogP contribution is -2.59. The van der Waals surface area contributed by atoms with E-state index in [2.05, 4.69) is 10.6 Å². The van der Waals surface area contributed by atoms with Crippen LogP contribution in [-0.4, -0.2) is 48.3 Å². The van der Waals surface area contributed by atoms with Crippen molar-refractivity contribution in [1.82, 2.24) is 15.5 Å². The third-order valence-corrected chi connectivity index (χ3v) is 2.73. The van der Waals surface area contributed by atoms with Crippen LogP contribution in [0.4, 0.5) is 0 Å². The first-order chi connectivity index (χ1) is 7.47. The van der Waals surface area contributed by atoms with Gasteiger partial charge in [0.25, 0.3) is 0 Å². The summed E-state index contributed by atoms with van der Waals surface area (Å²) in [6, 6.07) is -0.989. The first-order valence-electron chi connectivity index (χ1n) is 5.26. The van der Waals surface area contributed by atoms with E-state index >= 15 is 0 Å². The number of hydrogen-bond acceptors (Lipinski definition) is 3. The molecule has 16 heavy (non-hydrogen) atoms. The van der Waals surface area contributed by atoms with Crippen LogP contribution in [0.2, 0.25) is 0 Å². The Labute approximate surface area is 94.4 Å². The highest BCUT2D eigenvalue weighted by atomic mass is 16.2. The number of carbonyl (C=O) groups excluding carboxylic acids is 3. The van der Waals surface area contributed by atoms with Crippen molar-refractivity contribution in [3.8, 4) is 0 Å². The van der Waals surface area contributed by atoms with Crippen molar-refractivity contribution in [2.75, 3.05) is 13.6 Å². The minimum Gasteiger partial charge on any atom is -0.357 e. The summed E-state index contributed by atoms with van der Waals surface area (Å²) in [7, 11) is 1.51. The summed E-state index contributed by atoms with van der Waals surface area (Å²) in [4.78, 5) is 35.4. The van der Waals surface area contributed by atoms with Gasteiger partial charge in [-0.1, -0.05) is 0 Å². The van der Waals surface area contributed by atoms with Crippen LogP contribution in [-0.2, 0) is 14.4 Å². The van der Waals surface area contributed by atoms with E-state index in [0.717, 1.165) is 0 Å². The Morgan fingerprint density at radius 3 is 2.38 bits per heavy atom. The molecule has 0 aromatic rings. The normalized spacial score (nSPS) is 20.7. The number of amides is 3. The Morgan fingerprint density at radius 1 is 1.38 bits per heavy atom. The van der Waals surface area contributed by atoms with Gasteiger partial charge < -0.3 is 15.5 Å². The fourth-order valence-corrected chi connectivity index (χ4v) is 1.63. The highest BCUT2D eigenvalue weighted by molar-refractivity contribution is 5.92. The van der Waals surface area contributed by atoms with Gasteiger partial charge >= 0.3 is 0 Å². The van der Waals surface area contributed by atoms with E-state index in [1.807, 2.05) is 0 Å². The molecule has 1 saturated heterocycles. The minimum absolute atomic E-state index is 0.112. The molecule has 2 atom stereocenters. The van der Waals surface area contributed by atoms with Crippen molar-refractivity contribution in [3.63, 3.8) is 0 Å². The molecule has 2 N–H and O–H groups in total. The molecule has 6 heteroatoms. The van der Waals surface area contributed by atoms with Gasteiger partial charge in [0.1, 0.15) is 12.1 Å². The predicted molar refractivity (Wildman–Crippen MR) is 57.5 cm³/mol. The number of nitrogens with zero attached hydrogens (tertiary/aromatic N) is 1. The van der Waals surface area contributed by atoms with Gasteiger partial charge in [-0.05, 0) is 13.3 Å². The predicted octanol–water partition coefficient (Wildman–Crippen LogP) is -1.14. The quantitative estimate of drug-likeness (QED) is 0.639. The molecule has 3 amide bonds. The molecule has 90 valence electrons. The minimum atomic E-state index is -0.577. The molecule has 6 nitrogen and oxygen atoms in total. The van der Waals surface area contributed by atoms with E-state index < -0.39 is 12.1 Å². The van der Waals surface area contributed by atoms with E-state index in [0.29, 0.717) is 13.0 Å². The monoisotopic (exact) mass is 227 g/mol. The molecule has 1 fully saturated rings. The SMILES string of the molecule is CNC(=O)[C@H](C)NC(=O)C1CCN1C(C)=O. The van der Waals surface area contributed by atoms with Crippen LogP contribution < -0.4 is 10.6 Å². The maximum atomic E-state index is 11.7. The molecule has 1 aliphatic rings. The van der Waals surface area contributed by atoms with Crippen molar-refractivity contribution in [2.24, 2.45) is 0 Å². The fourth-order valence-electron chi connectivity index (χ4n) is 1.63. The Kier molecular flexibility index (Phi) is 3.87. The highest BCUT2D eigenvalue weighted by Gasteiger charge is 2.36.